The molecule has 0 heterocycles. The van der Waals surface area contributed by atoms with Gasteiger partial charge in [0.2, 0.25) is 0 Å². The maximum absolute atomic E-state index is 11.0. The van der Waals surface area contributed by atoms with E-state index in [0.29, 0.717) is 39.1 Å². The average Bonchev–Trinajstić information content (AvgIpc) is 2.92. The molecule has 0 aliphatic heterocycles. The predicted octanol–water partition coefficient (Wildman–Crippen LogP) is 6.06. The quantitative estimate of drug-likeness (QED) is 0.0498. The number of hydrogen-bond acceptors (Lipinski definition) is 12. The summed E-state index contributed by atoms with van der Waals surface area (Å²) in [5, 5.41) is 0. The first-order valence-electron chi connectivity index (χ1n) is 15.1. The standard InChI is InChI=1S/3C10H18O4.Zr/c3*1-3-5-7-13-14-10(12)8-9(11)6-4-2;/h3*3-8H2,1-2H3;. The summed E-state index contributed by atoms with van der Waals surface area (Å²) in [5.41, 5.74) is 0. The largest absolute Gasteiger partial charge is 0.349 e. The second-order valence-electron chi connectivity index (χ2n) is 9.29. The van der Waals surface area contributed by atoms with E-state index in [0.717, 1.165) is 57.8 Å². The third-order valence-electron chi connectivity index (χ3n) is 4.81. The molecule has 0 bridgehead atoms. The first-order chi connectivity index (χ1) is 20.1. The van der Waals surface area contributed by atoms with E-state index in [4.69, 9.17) is 0 Å². The Morgan fingerprint density at radius 1 is 0.395 bits per heavy atom. The average molecular weight is 698 g/mol. The minimum atomic E-state index is -0.598. The molecule has 0 saturated carbocycles. The van der Waals surface area contributed by atoms with Crippen molar-refractivity contribution in [3.63, 3.8) is 0 Å². The Kier molecular flexibility index (Phi) is 42.7. The normalized spacial score (nSPS) is 9.63. The number of ketones is 3. The molecule has 0 saturated heterocycles. The summed E-state index contributed by atoms with van der Waals surface area (Å²) < 4.78 is 0. The molecule has 0 unspecified atom stereocenters. The second kappa shape index (κ2) is 38.2. The summed E-state index contributed by atoms with van der Waals surface area (Å²) in [6, 6.07) is 0. The van der Waals surface area contributed by atoms with Gasteiger partial charge < -0.3 is 0 Å². The third kappa shape index (κ3) is 42.4. The Bertz CT molecular complexity index is 633. The van der Waals surface area contributed by atoms with Crippen LogP contribution in [0.3, 0.4) is 0 Å². The van der Waals surface area contributed by atoms with Crippen molar-refractivity contribution in [3.8, 4) is 0 Å². The van der Waals surface area contributed by atoms with E-state index in [1.165, 1.54) is 0 Å². The van der Waals surface area contributed by atoms with Crippen LogP contribution in [-0.4, -0.2) is 55.1 Å². The van der Waals surface area contributed by atoms with Crippen LogP contribution in [0.5, 0.6) is 0 Å². The van der Waals surface area contributed by atoms with Crippen LogP contribution in [0.4, 0.5) is 0 Å². The molecule has 0 aromatic heterocycles. The summed E-state index contributed by atoms with van der Waals surface area (Å²) in [6.45, 7) is 12.9. The number of carbonyl (C=O) groups excluding carboxylic acids is 6. The zero-order chi connectivity index (χ0) is 32.4. The monoisotopic (exact) mass is 696 g/mol. The molecule has 250 valence electrons. The van der Waals surface area contributed by atoms with Gasteiger partial charge in [0, 0.05) is 45.5 Å². The van der Waals surface area contributed by atoms with Crippen LogP contribution in [0.2, 0.25) is 0 Å². The molecule has 0 N–H and O–H groups in total. The summed E-state index contributed by atoms with van der Waals surface area (Å²) in [7, 11) is 0. The van der Waals surface area contributed by atoms with Crippen molar-refractivity contribution in [1.82, 2.24) is 0 Å². The minimum Gasteiger partial charge on any atom is -0.299 e. The molecule has 0 aliphatic carbocycles. The number of unbranched alkanes of at least 4 members (excludes halogenated alkanes) is 3. The summed E-state index contributed by atoms with van der Waals surface area (Å²) in [5.74, 6) is -2.09. The van der Waals surface area contributed by atoms with Gasteiger partial charge in [-0.3, -0.25) is 29.0 Å². The molecule has 12 nitrogen and oxygen atoms in total. The van der Waals surface area contributed by atoms with Crippen LogP contribution >= 0.6 is 0 Å². The van der Waals surface area contributed by atoms with Gasteiger partial charge in [-0.25, -0.2) is 14.4 Å². The fraction of sp³-hybridized carbons (Fsp3) is 0.800. The van der Waals surface area contributed by atoms with Gasteiger partial charge in [-0.2, -0.15) is 14.7 Å². The van der Waals surface area contributed by atoms with E-state index in [2.05, 4.69) is 29.3 Å². The summed E-state index contributed by atoms with van der Waals surface area (Å²) in [4.78, 5) is 92.8. The molecule has 0 fully saturated rings. The van der Waals surface area contributed by atoms with Gasteiger partial charge in [0.25, 0.3) is 0 Å². The SMILES string of the molecule is CCCCOOC(=O)CC(=O)CCC.CCCCOOC(=O)CC(=O)CCC.CCCCOOC(=O)CC(=O)CCC.[Zr]. The molecule has 0 aromatic rings. The molecular formula is C30H54O12Zr. The van der Waals surface area contributed by atoms with Crippen LogP contribution in [0.25, 0.3) is 0 Å². The van der Waals surface area contributed by atoms with Gasteiger partial charge >= 0.3 is 17.9 Å². The summed E-state index contributed by atoms with van der Waals surface area (Å²) in [6.07, 6.45) is 8.44. The van der Waals surface area contributed by atoms with E-state index >= 15 is 0 Å². The van der Waals surface area contributed by atoms with Crippen molar-refractivity contribution in [2.45, 2.75) is 138 Å². The van der Waals surface area contributed by atoms with Gasteiger partial charge in [-0.05, 0) is 38.5 Å². The smallest absolute Gasteiger partial charge is 0.299 e. The molecular weight excluding hydrogens is 644 g/mol. The van der Waals surface area contributed by atoms with Crippen LogP contribution in [-0.2, 0) is 84.3 Å². The predicted molar refractivity (Wildman–Crippen MR) is 154 cm³/mol. The van der Waals surface area contributed by atoms with Crippen LogP contribution in [0.1, 0.15) is 138 Å². The minimum absolute atomic E-state index is 0. The fourth-order valence-corrected chi connectivity index (χ4v) is 2.60. The fourth-order valence-electron chi connectivity index (χ4n) is 2.60. The van der Waals surface area contributed by atoms with Gasteiger partial charge in [0.15, 0.2) is 0 Å². The first kappa shape index (κ1) is 48.1. The first-order valence-corrected chi connectivity index (χ1v) is 15.1. The zero-order valence-electron chi connectivity index (χ0n) is 27.1. The molecule has 0 atom stereocenters. The molecule has 0 amide bonds. The van der Waals surface area contributed by atoms with Gasteiger partial charge in [0.1, 0.15) is 36.6 Å². The Balaban J connectivity index is -0.000000262. The topological polar surface area (TPSA) is 158 Å². The Morgan fingerprint density at radius 2 is 0.628 bits per heavy atom. The van der Waals surface area contributed by atoms with Gasteiger partial charge in [-0.15, -0.1) is 0 Å². The van der Waals surface area contributed by atoms with E-state index in [1.54, 1.807) is 0 Å². The molecule has 0 radical (unpaired) electrons. The molecule has 0 aromatic carbocycles. The van der Waals surface area contributed by atoms with E-state index < -0.39 is 17.9 Å². The maximum atomic E-state index is 11.0. The van der Waals surface area contributed by atoms with Gasteiger partial charge in [-0.1, -0.05) is 60.8 Å². The van der Waals surface area contributed by atoms with Crippen molar-refractivity contribution in [2.24, 2.45) is 0 Å². The molecule has 0 aliphatic rings. The number of hydrogen-bond donors (Lipinski definition) is 0. The van der Waals surface area contributed by atoms with E-state index in [1.807, 2.05) is 41.5 Å². The van der Waals surface area contributed by atoms with Crippen LogP contribution in [0, 0.1) is 0 Å². The Morgan fingerprint density at radius 3 is 0.814 bits per heavy atom. The molecule has 0 spiro atoms. The number of carbonyl (C=O) groups is 6. The van der Waals surface area contributed by atoms with Gasteiger partial charge in [0.05, 0.1) is 19.8 Å². The van der Waals surface area contributed by atoms with Crippen molar-refractivity contribution < 1.29 is 84.3 Å². The van der Waals surface area contributed by atoms with Crippen LogP contribution in [0.15, 0.2) is 0 Å². The Hall–Kier alpha value is -1.82. The third-order valence-corrected chi connectivity index (χ3v) is 4.81. The van der Waals surface area contributed by atoms with E-state index in [-0.39, 0.29) is 62.8 Å². The van der Waals surface area contributed by atoms with Crippen LogP contribution < -0.4 is 0 Å². The van der Waals surface area contributed by atoms with Crippen molar-refractivity contribution in [3.05, 3.63) is 0 Å². The molecule has 0 rings (SSSR count). The number of rotatable bonds is 24. The molecule has 43 heavy (non-hydrogen) atoms. The van der Waals surface area contributed by atoms with Crippen molar-refractivity contribution in [1.29, 1.82) is 0 Å². The van der Waals surface area contributed by atoms with Crippen molar-refractivity contribution in [2.75, 3.05) is 19.8 Å². The second-order valence-corrected chi connectivity index (χ2v) is 9.29. The molecule has 13 heteroatoms. The maximum Gasteiger partial charge on any atom is 0.349 e. The summed E-state index contributed by atoms with van der Waals surface area (Å²) >= 11 is 0. The van der Waals surface area contributed by atoms with Crippen molar-refractivity contribution >= 4 is 35.3 Å². The Labute approximate surface area is 276 Å². The zero-order valence-corrected chi connectivity index (χ0v) is 29.6. The van der Waals surface area contributed by atoms with E-state index in [9.17, 15) is 28.8 Å². The number of Topliss-reactive ketones (excluding diaryl/α,β-unsaturated/α-hetero) is 3.